The van der Waals surface area contributed by atoms with E-state index in [2.05, 4.69) is 16.4 Å². The van der Waals surface area contributed by atoms with E-state index in [1.54, 1.807) is 6.92 Å². The molecule has 1 aliphatic heterocycles. The molecule has 1 rings (SSSR count). The van der Waals surface area contributed by atoms with E-state index in [1.165, 1.54) is 0 Å². The van der Waals surface area contributed by atoms with Gasteiger partial charge in [-0.15, -0.1) is 0 Å². The van der Waals surface area contributed by atoms with Crippen LogP contribution < -0.4 is 0 Å². The van der Waals surface area contributed by atoms with Gasteiger partial charge in [-0.25, -0.2) is 9.59 Å². The predicted molar refractivity (Wildman–Crippen MR) is 57.5 cm³/mol. The number of cyclic esters (lactones) is 2. The summed E-state index contributed by atoms with van der Waals surface area (Å²) in [6, 6.07) is 0. The van der Waals surface area contributed by atoms with Crippen LogP contribution in [0.15, 0.2) is 0 Å². The maximum Gasteiger partial charge on any atom is 0.509 e. The van der Waals surface area contributed by atoms with Gasteiger partial charge in [-0.1, -0.05) is 13.3 Å². The summed E-state index contributed by atoms with van der Waals surface area (Å²) < 4.78 is 19.4. The minimum absolute atomic E-state index is 0.0823. The SMILES string of the molecule is CCCCOCC(C)OC(=O)C1COC(=O)O1. The standard InChI is InChI=1S/C11H18O6/c1-3-4-5-14-6-8(2)16-10(12)9-7-15-11(13)17-9/h8-9H,3-7H2,1-2H3. The average molecular weight is 246 g/mol. The number of hydrogen-bond donors (Lipinski definition) is 0. The van der Waals surface area contributed by atoms with Gasteiger partial charge >= 0.3 is 12.1 Å². The van der Waals surface area contributed by atoms with Crippen LogP contribution in [0, 0.1) is 0 Å². The Morgan fingerprint density at radius 1 is 1.59 bits per heavy atom. The van der Waals surface area contributed by atoms with Gasteiger partial charge in [0.2, 0.25) is 6.10 Å². The molecule has 1 aliphatic rings. The fraction of sp³-hybridized carbons (Fsp3) is 0.818. The third-order valence-electron chi connectivity index (χ3n) is 2.17. The van der Waals surface area contributed by atoms with Gasteiger partial charge in [-0.2, -0.15) is 0 Å². The Labute approximate surface area is 100 Å². The van der Waals surface area contributed by atoms with Crippen LogP contribution in [0.2, 0.25) is 0 Å². The van der Waals surface area contributed by atoms with Crippen molar-refractivity contribution < 1.29 is 28.5 Å². The summed E-state index contributed by atoms with van der Waals surface area (Å²) in [5, 5.41) is 0. The highest BCUT2D eigenvalue weighted by Crippen LogP contribution is 2.09. The van der Waals surface area contributed by atoms with Gasteiger partial charge in [0.05, 0.1) is 6.61 Å². The first kappa shape index (κ1) is 13.8. The minimum atomic E-state index is -0.944. The molecule has 6 nitrogen and oxygen atoms in total. The maximum absolute atomic E-state index is 11.5. The van der Waals surface area contributed by atoms with Crippen molar-refractivity contribution in [3.05, 3.63) is 0 Å². The fourth-order valence-electron chi connectivity index (χ4n) is 1.25. The highest BCUT2D eigenvalue weighted by molar-refractivity contribution is 5.79. The Kier molecular flexibility index (Phi) is 5.76. The molecule has 0 spiro atoms. The molecular formula is C11H18O6. The Morgan fingerprint density at radius 3 is 2.94 bits per heavy atom. The van der Waals surface area contributed by atoms with Crippen LogP contribution in [0.3, 0.4) is 0 Å². The highest BCUT2D eigenvalue weighted by Gasteiger charge is 2.33. The normalized spacial score (nSPS) is 20.6. The molecule has 0 bridgehead atoms. The summed E-state index contributed by atoms with van der Waals surface area (Å²) in [6.45, 7) is 4.71. The van der Waals surface area contributed by atoms with Gasteiger partial charge in [0.15, 0.2) is 0 Å². The summed E-state index contributed by atoms with van der Waals surface area (Å²) in [7, 11) is 0. The zero-order valence-electron chi connectivity index (χ0n) is 10.1. The number of esters is 1. The van der Waals surface area contributed by atoms with E-state index in [0.29, 0.717) is 13.2 Å². The summed E-state index contributed by atoms with van der Waals surface area (Å²) in [5.74, 6) is -0.595. The van der Waals surface area contributed by atoms with Crippen molar-refractivity contribution in [2.45, 2.75) is 38.9 Å². The Balaban J connectivity index is 2.14. The van der Waals surface area contributed by atoms with E-state index in [-0.39, 0.29) is 12.7 Å². The lowest BCUT2D eigenvalue weighted by Crippen LogP contribution is -2.30. The third-order valence-corrected chi connectivity index (χ3v) is 2.17. The average Bonchev–Trinajstić information content (AvgIpc) is 2.71. The topological polar surface area (TPSA) is 71.1 Å². The molecule has 0 saturated carbocycles. The molecule has 1 heterocycles. The van der Waals surface area contributed by atoms with Crippen molar-refractivity contribution in [3.8, 4) is 0 Å². The van der Waals surface area contributed by atoms with Gasteiger partial charge in [-0.3, -0.25) is 0 Å². The molecule has 6 heteroatoms. The van der Waals surface area contributed by atoms with Crippen LogP contribution in [0.4, 0.5) is 4.79 Å². The van der Waals surface area contributed by atoms with Gasteiger partial charge in [-0.05, 0) is 13.3 Å². The molecule has 17 heavy (non-hydrogen) atoms. The van der Waals surface area contributed by atoms with E-state index < -0.39 is 18.2 Å². The lowest BCUT2D eigenvalue weighted by molar-refractivity contribution is -0.159. The molecule has 0 aromatic heterocycles. The lowest BCUT2D eigenvalue weighted by Gasteiger charge is -2.14. The second kappa shape index (κ2) is 7.11. The molecule has 1 fully saturated rings. The monoisotopic (exact) mass is 246 g/mol. The number of unbranched alkanes of at least 4 members (excludes halogenated alkanes) is 1. The fourth-order valence-corrected chi connectivity index (χ4v) is 1.25. The maximum atomic E-state index is 11.5. The van der Waals surface area contributed by atoms with Crippen LogP contribution in [0.5, 0.6) is 0 Å². The van der Waals surface area contributed by atoms with Gasteiger partial charge in [0.25, 0.3) is 0 Å². The molecule has 0 aromatic rings. The summed E-state index contributed by atoms with van der Waals surface area (Å²) >= 11 is 0. The van der Waals surface area contributed by atoms with Crippen molar-refractivity contribution in [2.24, 2.45) is 0 Å². The van der Waals surface area contributed by atoms with Gasteiger partial charge < -0.3 is 18.9 Å². The number of ether oxygens (including phenoxy) is 4. The quantitative estimate of drug-likeness (QED) is 0.497. The largest absolute Gasteiger partial charge is 0.509 e. The first-order valence-electron chi connectivity index (χ1n) is 5.75. The van der Waals surface area contributed by atoms with E-state index in [9.17, 15) is 9.59 Å². The van der Waals surface area contributed by atoms with Crippen molar-refractivity contribution in [3.63, 3.8) is 0 Å². The number of carbonyl (C=O) groups is 2. The van der Waals surface area contributed by atoms with Gasteiger partial charge in [0.1, 0.15) is 12.7 Å². The molecule has 0 aromatic carbocycles. The van der Waals surface area contributed by atoms with Crippen LogP contribution in [0.25, 0.3) is 0 Å². The Bertz CT molecular complexity index is 265. The molecular weight excluding hydrogens is 228 g/mol. The number of rotatable bonds is 7. The number of hydrogen-bond acceptors (Lipinski definition) is 6. The molecule has 0 radical (unpaired) electrons. The lowest BCUT2D eigenvalue weighted by atomic mass is 10.3. The van der Waals surface area contributed by atoms with Crippen molar-refractivity contribution in [1.29, 1.82) is 0 Å². The summed E-state index contributed by atoms with van der Waals surface area (Å²) in [6.07, 6.45) is -0.101. The van der Waals surface area contributed by atoms with E-state index in [0.717, 1.165) is 12.8 Å². The Morgan fingerprint density at radius 2 is 2.35 bits per heavy atom. The van der Waals surface area contributed by atoms with Crippen LogP contribution in [0.1, 0.15) is 26.7 Å². The van der Waals surface area contributed by atoms with E-state index in [1.807, 2.05) is 0 Å². The molecule has 0 aliphatic carbocycles. The third kappa shape index (κ3) is 5.04. The summed E-state index contributed by atoms with van der Waals surface area (Å²) in [4.78, 5) is 22.1. The second-order valence-corrected chi connectivity index (χ2v) is 3.84. The van der Waals surface area contributed by atoms with E-state index >= 15 is 0 Å². The molecule has 2 atom stereocenters. The van der Waals surface area contributed by atoms with Crippen LogP contribution in [-0.4, -0.2) is 44.2 Å². The second-order valence-electron chi connectivity index (χ2n) is 3.84. The zero-order chi connectivity index (χ0) is 12.7. The number of carbonyl (C=O) groups excluding carboxylic acids is 2. The van der Waals surface area contributed by atoms with Crippen molar-refractivity contribution >= 4 is 12.1 Å². The first-order chi connectivity index (χ1) is 8.13. The van der Waals surface area contributed by atoms with Gasteiger partial charge in [0, 0.05) is 6.61 Å². The van der Waals surface area contributed by atoms with Crippen molar-refractivity contribution in [1.82, 2.24) is 0 Å². The van der Waals surface area contributed by atoms with E-state index in [4.69, 9.17) is 9.47 Å². The Hall–Kier alpha value is -1.30. The predicted octanol–water partition coefficient (Wildman–Crippen LogP) is 1.27. The smallest absolute Gasteiger partial charge is 0.457 e. The molecule has 2 unspecified atom stereocenters. The van der Waals surface area contributed by atoms with Crippen molar-refractivity contribution in [2.75, 3.05) is 19.8 Å². The molecule has 98 valence electrons. The zero-order valence-corrected chi connectivity index (χ0v) is 10.1. The molecule has 1 saturated heterocycles. The molecule has 0 amide bonds. The summed E-state index contributed by atoms with van der Waals surface area (Å²) in [5.41, 5.74) is 0. The minimum Gasteiger partial charge on any atom is -0.457 e. The first-order valence-corrected chi connectivity index (χ1v) is 5.75. The van der Waals surface area contributed by atoms with Crippen LogP contribution in [-0.2, 0) is 23.7 Å². The van der Waals surface area contributed by atoms with Crippen LogP contribution >= 0.6 is 0 Å². The molecule has 0 N–H and O–H groups in total. The highest BCUT2D eigenvalue weighted by atomic mass is 16.8.